The quantitative estimate of drug-likeness (QED) is 0.283. The lowest BCUT2D eigenvalue weighted by Crippen LogP contribution is -2.14. The lowest BCUT2D eigenvalue weighted by atomic mass is 10.1. The minimum absolute atomic E-state index is 0.144. The van der Waals surface area contributed by atoms with Crippen LogP contribution in [-0.2, 0) is 15.3 Å². The molecule has 0 bridgehead atoms. The van der Waals surface area contributed by atoms with Crippen LogP contribution >= 0.6 is 18.7 Å². The minimum atomic E-state index is -3.08. The molecule has 162 valence electrons. The molecule has 1 atom stereocenters. The van der Waals surface area contributed by atoms with Crippen LogP contribution in [0.25, 0.3) is 10.4 Å². The lowest BCUT2D eigenvalue weighted by Gasteiger charge is -2.16. The number of anilines is 2. The second-order valence-corrected chi connectivity index (χ2v) is 10.6. The molecule has 1 amide bonds. The van der Waals surface area contributed by atoms with Gasteiger partial charge < -0.3 is 15.6 Å². The van der Waals surface area contributed by atoms with E-state index in [4.69, 9.17) is 10.3 Å². The standard InChI is InChI=1S/C24H22N3O3PS/c1-30-31(29,20-6-3-2-4-7-20)16-19-11-9-18(15-26-19)24(28)27-22-14-17(10-12-21(22)25)23-8-5-13-32-23/h2-15H,16,25H2,1H3,(H,27,28). The van der Waals surface area contributed by atoms with Gasteiger partial charge in [0.2, 0.25) is 7.37 Å². The number of carbonyl (C=O) groups excluding carboxylic acids is 1. The summed E-state index contributed by atoms with van der Waals surface area (Å²) in [4.78, 5) is 18.2. The number of hydrogen-bond acceptors (Lipinski definition) is 6. The summed E-state index contributed by atoms with van der Waals surface area (Å²) < 4.78 is 18.6. The van der Waals surface area contributed by atoms with Gasteiger partial charge in [-0.1, -0.05) is 30.3 Å². The Morgan fingerprint density at radius 2 is 1.91 bits per heavy atom. The smallest absolute Gasteiger partial charge is 0.257 e. The highest BCUT2D eigenvalue weighted by molar-refractivity contribution is 7.66. The van der Waals surface area contributed by atoms with E-state index in [0.717, 1.165) is 10.4 Å². The number of rotatable bonds is 7. The van der Waals surface area contributed by atoms with Gasteiger partial charge in [-0.2, -0.15) is 0 Å². The number of pyridine rings is 1. The zero-order valence-electron chi connectivity index (χ0n) is 17.4. The first-order valence-corrected chi connectivity index (χ1v) is 12.6. The summed E-state index contributed by atoms with van der Waals surface area (Å²) in [5, 5.41) is 5.48. The molecule has 0 aliphatic heterocycles. The Bertz CT molecular complexity index is 1260. The lowest BCUT2D eigenvalue weighted by molar-refractivity contribution is 0.102. The largest absolute Gasteiger partial charge is 0.397 e. The van der Waals surface area contributed by atoms with E-state index in [9.17, 15) is 9.36 Å². The van der Waals surface area contributed by atoms with Crippen molar-refractivity contribution in [3.8, 4) is 10.4 Å². The van der Waals surface area contributed by atoms with E-state index in [0.29, 0.717) is 27.9 Å². The molecule has 0 aliphatic carbocycles. The Morgan fingerprint density at radius 1 is 1.09 bits per heavy atom. The Balaban J connectivity index is 1.49. The summed E-state index contributed by atoms with van der Waals surface area (Å²) in [7, 11) is -1.65. The average molecular weight is 463 g/mol. The van der Waals surface area contributed by atoms with Crippen LogP contribution < -0.4 is 16.4 Å². The van der Waals surface area contributed by atoms with E-state index in [2.05, 4.69) is 10.3 Å². The summed E-state index contributed by atoms with van der Waals surface area (Å²) in [5.41, 5.74) is 9.02. The number of nitrogens with two attached hydrogens (primary N) is 1. The summed E-state index contributed by atoms with van der Waals surface area (Å²) in [6, 6.07) is 21.9. The first kappa shape index (κ1) is 22.0. The fourth-order valence-electron chi connectivity index (χ4n) is 3.24. The highest BCUT2D eigenvalue weighted by atomic mass is 32.1. The molecule has 4 rings (SSSR count). The van der Waals surface area contributed by atoms with Gasteiger partial charge in [0.1, 0.15) is 0 Å². The molecule has 0 aliphatic rings. The van der Waals surface area contributed by atoms with Gasteiger partial charge in [0.05, 0.1) is 28.8 Å². The first-order valence-electron chi connectivity index (χ1n) is 9.88. The fourth-order valence-corrected chi connectivity index (χ4v) is 5.72. The van der Waals surface area contributed by atoms with Crippen molar-refractivity contribution >= 4 is 41.3 Å². The Kier molecular flexibility index (Phi) is 6.51. The van der Waals surface area contributed by atoms with Crippen LogP contribution in [0.2, 0.25) is 0 Å². The third kappa shape index (κ3) is 4.81. The molecule has 4 aromatic rings. The number of benzene rings is 2. The van der Waals surface area contributed by atoms with Crippen molar-refractivity contribution in [3.63, 3.8) is 0 Å². The number of carbonyl (C=O) groups is 1. The van der Waals surface area contributed by atoms with Gasteiger partial charge >= 0.3 is 0 Å². The molecule has 6 nitrogen and oxygen atoms in total. The SMILES string of the molecule is COP(=O)(Cc1ccc(C(=O)Nc2cc(-c3cccs3)ccc2N)cn1)c1ccccc1. The van der Waals surface area contributed by atoms with Crippen LogP contribution in [0, 0.1) is 0 Å². The van der Waals surface area contributed by atoms with Crippen LogP contribution in [0.15, 0.2) is 84.4 Å². The number of nitrogens with zero attached hydrogens (tertiary/aromatic N) is 1. The Labute approximate surface area is 190 Å². The van der Waals surface area contributed by atoms with Gasteiger partial charge in [0, 0.05) is 23.5 Å². The van der Waals surface area contributed by atoms with E-state index in [1.807, 2.05) is 47.8 Å². The van der Waals surface area contributed by atoms with Crippen LogP contribution in [0.5, 0.6) is 0 Å². The zero-order chi connectivity index (χ0) is 22.6. The van der Waals surface area contributed by atoms with Crippen LogP contribution in [0.1, 0.15) is 16.1 Å². The molecular formula is C24H22N3O3PS. The van der Waals surface area contributed by atoms with E-state index >= 15 is 0 Å². The predicted octanol–water partition coefficient (Wildman–Crippen LogP) is 5.39. The van der Waals surface area contributed by atoms with Crippen LogP contribution in [-0.4, -0.2) is 18.0 Å². The normalized spacial score (nSPS) is 12.8. The predicted molar refractivity (Wildman–Crippen MR) is 131 cm³/mol. The third-order valence-electron chi connectivity index (χ3n) is 5.01. The topological polar surface area (TPSA) is 94.3 Å². The van der Waals surface area contributed by atoms with Crippen molar-refractivity contribution in [2.45, 2.75) is 6.16 Å². The molecule has 32 heavy (non-hydrogen) atoms. The van der Waals surface area contributed by atoms with Gasteiger partial charge in [-0.15, -0.1) is 11.3 Å². The van der Waals surface area contributed by atoms with Crippen LogP contribution in [0.4, 0.5) is 11.4 Å². The van der Waals surface area contributed by atoms with E-state index in [1.54, 1.807) is 41.7 Å². The molecule has 2 aromatic heterocycles. The average Bonchev–Trinajstić information content (AvgIpc) is 3.36. The van der Waals surface area contributed by atoms with Crippen molar-refractivity contribution in [1.82, 2.24) is 4.98 Å². The van der Waals surface area contributed by atoms with Crippen molar-refractivity contribution in [2.75, 3.05) is 18.2 Å². The minimum Gasteiger partial charge on any atom is -0.397 e. The van der Waals surface area contributed by atoms with E-state index in [1.165, 1.54) is 13.3 Å². The van der Waals surface area contributed by atoms with Gasteiger partial charge in [-0.05, 0) is 53.4 Å². The molecule has 0 saturated carbocycles. The van der Waals surface area contributed by atoms with Gasteiger partial charge in [0.25, 0.3) is 5.91 Å². The number of hydrogen-bond donors (Lipinski definition) is 2. The molecule has 2 aromatic carbocycles. The molecule has 0 spiro atoms. The molecule has 8 heteroatoms. The monoisotopic (exact) mass is 463 g/mol. The summed E-state index contributed by atoms with van der Waals surface area (Å²) >= 11 is 1.62. The van der Waals surface area contributed by atoms with E-state index in [-0.39, 0.29) is 12.1 Å². The molecule has 2 heterocycles. The van der Waals surface area contributed by atoms with Gasteiger partial charge in [0.15, 0.2) is 0 Å². The first-order chi connectivity index (χ1) is 15.5. The number of nitrogens with one attached hydrogen (secondary N) is 1. The zero-order valence-corrected chi connectivity index (χ0v) is 19.1. The van der Waals surface area contributed by atoms with Gasteiger partial charge in [-0.25, -0.2) is 0 Å². The number of aromatic nitrogens is 1. The highest BCUT2D eigenvalue weighted by Gasteiger charge is 2.25. The maximum absolute atomic E-state index is 13.2. The molecule has 1 unspecified atom stereocenters. The summed E-state index contributed by atoms with van der Waals surface area (Å²) in [6.07, 6.45) is 1.61. The highest BCUT2D eigenvalue weighted by Crippen LogP contribution is 2.47. The van der Waals surface area contributed by atoms with Crippen molar-refractivity contribution < 1.29 is 13.9 Å². The third-order valence-corrected chi connectivity index (χ3v) is 8.34. The number of thiophene rings is 1. The molecule has 3 N–H and O–H groups in total. The van der Waals surface area contributed by atoms with Crippen LogP contribution in [0.3, 0.4) is 0 Å². The van der Waals surface area contributed by atoms with Crippen molar-refractivity contribution in [2.24, 2.45) is 0 Å². The maximum Gasteiger partial charge on any atom is 0.257 e. The van der Waals surface area contributed by atoms with Gasteiger partial charge in [-0.3, -0.25) is 14.3 Å². The van der Waals surface area contributed by atoms with Crippen molar-refractivity contribution in [1.29, 1.82) is 0 Å². The van der Waals surface area contributed by atoms with E-state index < -0.39 is 7.37 Å². The Morgan fingerprint density at radius 3 is 2.56 bits per heavy atom. The maximum atomic E-state index is 13.2. The summed E-state index contributed by atoms with van der Waals surface area (Å²) in [5.74, 6) is -0.322. The summed E-state index contributed by atoms with van der Waals surface area (Å²) in [6.45, 7) is 0. The fraction of sp³-hybridized carbons (Fsp3) is 0.0833. The second kappa shape index (κ2) is 9.49. The number of amides is 1. The Hall–Kier alpha value is -3.25. The molecule has 0 saturated heterocycles. The second-order valence-electron chi connectivity index (χ2n) is 7.12. The molecule has 0 radical (unpaired) electrons. The van der Waals surface area contributed by atoms with Crippen molar-refractivity contribution in [3.05, 3.63) is 95.6 Å². The number of nitrogen functional groups attached to an aromatic ring is 1. The molecule has 0 fully saturated rings. The molecular weight excluding hydrogens is 441 g/mol.